The van der Waals surface area contributed by atoms with E-state index >= 15 is 0 Å². The lowest BCUT2D eigenvalue weighted by Crippen LogP contribution is -2.36. The highest BCUT2D eigenvalue weighted by atomic mass is 35.5. The first kappa shape index (κ1) is 26.7. The third-order valence-electron chi connectivity index (χ3n) is 5.78. The summed E-state index contributed by atoms with van der Waals surface area (Å²) in [4.78, 5) is 14.5. The SMILES string of the molecule is CN(CCCCNCCNC1CCCCC1)C(=O)c1ccc2ccccc2c1.Cl.Cl. The zero-order valence-corrected chi connectivity index (χ0v) is 19.7. The van der Waals surface area contributed by atoms with E-state index in [0.717, 1.165) is 56.0 Å². The molecule has 1 saturated carbocycles. The topological polar surface area (TPSA) is 44.4 Å². The van der Waals surface area contributed by atoms with Crippen molar-refractivity contribution in [2.24, 2.45) is 0 Å². The molecular weight excluding hydrogens is 417 g/mol. The molecule has 4 nitrogen and oxygen atoms in total. The summed E-state index contributed by atoms with van der Waals surface area (Å²) >= 11 is 0. The fraction of sp³-hybridized carbons (Fsp3) is 0.542. The average molecular weight is 454 g/mol. The normalized spacial score (nSPS) is 14.0. The Morgan fingerprint density at radius 2 is 1.67 bits per heavy atom. The number of amides is 1. The Balaban J connectivity index is 0.00000225. The molecule has 0 aliphatic heterocycles. The van der Waals surface area contributed by atoms with Crippen LogP contribution in [0, 0.1) is 0 Å². The molecule has 0 radical (unpaired) electrons. The molecule has 3 rings (SSSR count). The maximum Gasteiger partial charge on any atom is 0.253 e. The molecule has 0 unspecified atom stereocenters. The summed E-state index contributed by atoms with van der Waals surface area (Å²) in [5.41, 5.74) is 0.771. The molecule has 0 bridgehead atoms. The van der Waals surface area contributed by atoms with Gasteiger partial charge in [0, 0.05) is 38.3 Å². The molecule has 1 aliphatic rings. The van der Waals surface area contributed by atoms with Gasteiger partial charge in [-0.15, -0.1) is 24.8 Å². The summed E-state index contributed by atoms with van der Waals surface area (Å²) in [7, 11) is 1.90. The van der Waals surface area contributed by atoms with Crippen LogP contribution in [0.1, 0.15) is 55.3 Å². The second kappa shape index (κ2) is 14.6. The van der Waals surface area contributed by atoms with Crippen molar-refractivity contribution < 1.29 is 4.79 Å². The third-order valence-corrected chi connectivity index (χ3v) is 5.78. The van der Waals surface area contributed by atoms with E-state index in [-0.39, 0.29) is 30.7 Å². The predicted octanol–water partition coefficient (Wildman–Crippen LogP) is 5.05. The molecule has 0 aromatic heterocycles. The maximum atomic E-state index is 12.6. The van der Waals surface area contributed by atoms with Gasteiger partial charge < -0.3 is 15.5 Å². The van der Waals surface area contributed by atoms with Crippen LogP contribution >= 0.6 is 24.8 Å². The van der Waals surface area contributed by atoms with Crippen LogP contribution < -0.4 is 10.6 Å². The van der Waals surface area contributed by atoms with E-state index < -0.39 is 0 Å². The molecule has 30 heavy (non-hydrogen) atoms. The number of benzene rings is 2. The fourth-order valence-corrected chi connectivity index (χ4v) is 4.04. The summed E-state index contributed by atoms with van der Waals surface area (Å²) in [6.45, 7) is 3.91. The van der Waals surface area contributed by atoms with E-state index in [9.17, 15) is 4.79 Å². The number of nitrogens with one attached hydrogen (secondary N) is 2. The smallest absolute Gasteiger partial charge is 0.253 e. The molecule has 1 aliphatic carbocycles. The largest absolute Gasteiger partial charge is 0.342 e. The summed E-state index contributed by atoms with van der Waals surface area (Å²) in [5, 5.41) is 9.47. The molecule has 0 atom stereocenters. The molecule has 1 amide bonds. The first-order valence-electron chi connectivity index (χ1n) is 10.9. The van der Waals surface area contributed by atoms with Crippen LogP contribution in [0.2, 0.25) is 0 Å². The molecule has 6 heteroatoms. The molecule has 2 aromatic carbocycles. The molecule has 0 saturated heterocycles. The summed E-state index contributed by atoms with van der Waals surface area (Å²) in [5.74, 6) is 0.107. The number of halogens is 2. The minimum atomic E-state index is 0. The average Bonchev–Trinajstić information content (AvgIpc) is 2.75. The van der Waals surface area contributed by atoms with E-state index in [0.29, 0.717) is 0 Å². The minimum absolute atomic E-state index is 0. The lowest BCUT2D eigenvalue weighted by molar-refractivity contribution is 0.0793. The van der Waals surface area contributed by atoms with Crippen molar-refractivity contribution in [2.45, 2.75) is 51.0 Å². The number of unbranched alkanes of at least 4 members (excludes halogenated alkanes) is 1. The van der Waals surface area contributed by atoms with Crippen molar-refractivity contribution in [3.8, 4) is 0 Å². The first-order chi connectivity index (χ1) is 13.7. The van der Waals surface area contributed by atoms with Crippen molar-refractivity contribution in [1.29, 1.82) is 0 Å². The van der Waals surface area contributed by atoms with Gasteiger partial charge in [-0.05, 0) is 55.1 Å². The number of nitrogens with zero attached hydrogens (tertiary/aromatic N) is 1. The third kappa shape index (κ3) is 8.43. The van der Waals surface area contributed by atoms with Crippen LogP contribution in [0.25, 0.3) is 10.8 Å². The number of carbonyl (C=O) groups is 1. The van der Waals surface area contributed by atoms with E-state index in [1.807, 2.05) is 42.3 Å². The van der Waals surface area contributed by atoms with Gasteiger partial charge in [-0.2, -0.15) is 0 Å². The van der Waals surface area contributed by atoms with Crippen LogP contribution in [0.15, 0.2) is 42.5 Å². The van der Waals surface area contributed by atoms with Crippen molar-refractivity contribution in [3.05, 3.63) is 48.0 Å². The van der Waals surface area contributed by atoms with E-state index in [2.05, 4.69) is 22.8 Å². The molecule has 1 fully saturated rings. The van der Waals surface area contributed by atoms with Crippen LogP contribution in [0.3, 0.4) is 0 Å². The Kier molecular flexibility index (Phi) is 13.0. The predicted molar refractivity (Wildman–Crippen MR) is 132 cm³/mol. The van der Waals surface area contributed by atoms with Gasteiger partial charge in [-0.1, -0.05) is 49.6 Å². The zero-order chi connectivity index (χ0) is 19.6. The Bertz CT molecular complexity index is 750. The lowest BCUT2D eigenvalue weighted by atomic mass is 9.95. The fourth-order valence-electron chi connectivity index (χ4n) is 4.04. The maximum absolute atomic E-state index is 12.6. The van der Waals surface area contributed by atoms with Gasteiger partial charge >= 0.3 is 0 Å². The van der Waals surface area contributed by atoms with Crippen molar-refractivity contribution in [1.82, 2.24) is 15.5 Å². The van der Waals surface area contributed by atoms with E-state index in [1.165, 1.54) is 37.5 Å². The van der Waals surface area contributed by atoms with Crippen molar-refractivity contribution in [3.63, 3.8) is 0 Å². The molecular formula is C24H37Cl2N3O. The van der Waals surface area contributed by atoms with Gasteiger partial charge in [0.15, 0.2) is 0 Å². The van der Waals surface area contributed by atoms with E-state index in [1.54, 1.807) is 0 Å². The van der Waals surface area contributed by atoms with Gasteiger partial charge in [0.2, 0.25) is 0 Å². The second-order valence-electron chi connectivity index (χ2n) is 8.03. The number of carbonyl (C=O) groups excluding carboxylic acids is 1. The van der Waals surface area contributed by atoms with E-state index in [4.69, 9.17) is 0 Å². The van der Waals surface area contributed by atoms with Gasteiger partial charge in [0.25, 0.3) is 5.91 Å². The van der Waals surface area contributed by atoms with Gasteiger partial charge in [-0.25, -0.2) is 0 Å². The first-order valence-corrected chi connectivity index (χ1v) is 10.9. The molecule has 2 aromatic rings. The minimum Gasteiger partial charge on any atom is -0.342 e. The number of fused-ring (bicyclic) bond motifs is 1. The highest BCUT2D eigenvalue weighted by Crippen LogP contribution is 2.17. The molecule has 0 spiro atoms. The number of hydrogen-bond acceptors (Lipinski definition) is 3. The number of hydrogen-bond donors (Lipinski definition) is 2. The van der Waals surface area contributed by atoms with Crippen LogP contribution in [-0.4, -0.2) is 50.1 Å². The lowest BCUT2D eigenvalue weighted by Gasteiger charge is -2.22. The molecule has 2 N–H and O–H groups in total. The Morgan fingerprint density at radius 3 is 2.43 bits per heavy atom. The monoisotopic (exact) mass is 453 g/mol. The number of rotatable bonds is 10. The van der Waals surface area contributed by atoms with Crippen molar-refractivity contribution in [2.75, 3.05) is 33.2 Å². The van der Waals surface area contributed by atoms with Crippen molar-refractivity contribution >= 4 is 41.5 Å². The van der Waals surface area contributed by atoms with Gasteiger partial charge in [0.05, 0.1) is 0 Å². The Morgan fingerprint density at radius 1 is 0.933 bits per heavy atom. The molecule has 168 valence electrons. The summed E-state index contributed by atoms with van der Waals surface area (Å²) in [6.07, 6.45) is 8.99. The molecule has 0 heterocycles. The standard InChI is InChI=1S/C24H35N3O.2ClH/c1-27(24(28)22-14-13-20-9-5-6-10-21(20)19-22)18-8-7-15-25-16-17-26-23-11-3-2-4-12-23;;/h5-6,9-10,13-14,19,23,25-26H,2-4,7-8,11-12,15-18H2,1H3;2*1H. The summed E-state index contributed by atoms with van der Waals surface area (Å²) in [6, 6.07) is 14.9. The van der Waals surface area contributed by atoms with Crippen LogP contribution in [0.4, 0.5) is 0 Å². The Labute approximate surface area is 194 Å². The van der Waals surface area contributed by atoms with Crippen LogP contribution in [-0.2, 0) is 0 Å². The highest BCUT2D eigenvalue weighted by Gasteiger charge is 2.12. The highest BCUT2D eigenvalue weighted by molar-refractivity contribution is 5.98. The van der Waals surface area contributed by atoms with Crippen LogP contribution in [0.5, 0.6) is 0 Å². The quantitative estimate of drug-likeness (QED) is 0.494. The Hall–Kier alpha value is -1.33. The second-order valence-corrected chi connectivity index (χ2v) is 8.03. The zero-order valence-electron chi connectivity index (χ0n) is 18.1. The van der Waals surface area contributed by atoms with Gasteiger partial charge in [-0.3, -0.25) is 4.79 Å². The summed E-state index contributed by atoms with van der Waals surface area (Å²) < 4.78 is 0. The van der Waals surface area contributed by atoms with Gasteiger partial charge in [0.1, 0.15) is 0 Å².